The molecule has 0 saturated carbocycles. The Balaban J connectivity index is 1.86. The molecular weight excluding hydrogens is 250 g/mol. The first kappa shape index (κ1) is 13.1. The van der Waals surface area contributed by atoms with Crippen molar-refractivity contribution in [3.63, 3.8) is 0 Å². The lowest BCUT2D eigenvalue weighted by molar-refractivity contribution is 0.553. The van der Waals surface area contributed by atoms with Crippen LogP contribution >= 0.6 is 11.6 Å². The van der Waals surface area contributed by atoms with Crippen LogP contribution in [0.2, 0.25) is 5.02 Å². The minimum Gasteiger partial charge on any atom is -0.336 e. The molecule has 2 heterocycles. The van der Waals surface area contributed by atoms with Crippen LogP contribution in [-0.2, 0) is 19.6 Å². The SMILES string of the molecule is CCn1nc(C)c(Cl)c1CNCCn1ccnc1. The number of nitrogens with one attached hydrogen (secondary N) is 1. The molecule has 0 aliphatic rings. The topological polar surface area (TPSA) is 47.7 Å². The van der Waals surface area contributed by atoms with E-state index in [0.717, 1.165) is 42.6 Å². The first-order valence-corrected chi connectivity index (χ1v) is 6.48. The summed E-state index contributed by atoms with van der Waals surface area (Å²) in [5.74, 6) is 0. The van der Waals surface area contributed by atoms with E-state index in [1.165, 1.54) is 0 Å². The first-order chi connectivity index (χ1) is 8.72. The summed E-state index contributed by atoms with van der Waals surface area (Å²) >= 11 is 6.23. The Morgan fingerprint density at radius 1 is 1.44 bits per heavy atom. The smallest absolute Gasteiger partial charge is 0.0946 e. The number of rotatable bonds is 6. The Morgan fingerprint density at radius 2 is 2.28 bits per heavy atom. The summed E-state index contributed by atoms with van der Waals surface area (Å²) in [5.41, 5.74) is 1.95. The quantitative estimate of drug-likeness (QED) is 0.813. The number of imidazole rings is 1. The molecule has 0 bridgehead atoms. The van der Waals surface area contributed by atoms with Crippen LogP contribution in [0.15, 0.2) is 18.7 Å². The molecule has 2 aromatic rings. The predicted molar refractivity (Wildman–Crippen MR) is 71.6 cm³/mol. The van der Waals surface area contributed by atoms with Gasteiger partial charge in [-0.05, 0) is 13.8 Å². The van der Waals surface area contributed by atoms with Gasteiger partial charge in [-0.1, -0.05) is 11.6 Å². The molecule has 0 aliphatic heterocycles. The highest BCUT2D eigenvalue weighted by molar-refractivity contribution is 6.31. The number of aryl methyl sites for hydroxylation is 2. The highest BCUT2D eigenvalue weighted by Crippen LogP contribution is 2.19. The van der Waals surface area contributed by atoms with Crippen LogP contribution in [0.25, 0.3) is 0 Å². The van der Waals surface area contributed by atoms with Crippen molar-refractivity contribution < 1.29 is 0 Å². The fourth-order valence-corrected chi connectivity index (χ4v) is 2.07. The second kappa shape index (κ2) is 6.02. The normalized spacial score (nSPS) is 11.1. The van der Waals surface area contributed by atoms with Gasteiger partial charge in [0.25, 0.3) is 0 Å². The molecule has 0 amide bonds. The molecule has 5 nitrogen and oxygen atoms in total. The van der Waals surface area contributed by atoms with E-state index in [0.29, 0.717) is 0 Å². The number of hydrogen-bond acceptors (Lipinski definition) is 3. The molecule has 18 heavy (non-hydrogen) atoms. The third kappa shape index (κ3) is 2.91. The van der Waals surface area contributed by atoms with Gasteiger partial charge >= 0.3 is 0 Å². The van der Waals surface area contributed by atoms with Crippen molar-refractivity contribution in [3.8, 4) is 0 Å². The van der Waals surface area contributed by atoms with E-state index < -0.39 is 0 Å². The highest BCUT2D eigenvalue weighted by atomic mass is 35.5. The maximum atomic E-state index is 6.23. The van der Waals surface area contributed by atoms with E-state index in [2.05, 4.69) is 22.3 Å². The van der Waals surface area contributed by atoms with Gasteiger partial charge in [0.05, 0.1) is 22.7 Å². The summed E-state index contributed by atoms with van der Waals surface area (Å²) in [6.45, 7) is 7.35. The second-order valence-corrected chi connectivity index (χ2v) is 4.52. The zero-order valence-corrected chi connectivity index (χ0v) is 11.5. The molecule has 0 unspecified atom stereocenters. The fourth-order valence-electron chi connectivity index (χ4n) is 1.87. The average molecular weight is 268 g/mol. The van der Waals surface area contributed by atoms with Gasteiger partial charge in [0.2, 0.25) is 0 Å². The van der Waals surface area contributed by atoms with Gasteiger partial charge in [-0.15, -0.1) is 0 Å². The standard InChI is InChI=1S/C12H18ClN5/c1-3-18-11(12(13)10(2)16-18)8-14-4-6-17-7-5-15-9-17/h5,7,9,14H,3-4,6,8H2,1-2H3. The van der Waals surface area contributed by atoms with Crippen molar-refractivity contribution >= 4 is 11.6 Å². The molecule has 6 heteroatoms. The van der Waals surface area contributed by atoms with E-state index in [9.17, 15) is 0 Å². The van der Waals surface area contributed by atoms with Crippen LogP contribution in [0.1, 0.15) is 18.3 Å². The molecule has 0 saturated heterocycles. The summed E-state index contributed by atoms with van der Waals surface area (Å²) in [7, 11) is 0. The van der Waals surface area contributed by atoms with Crippen molar-refractivity contribution in [1.82, 2.24) is 24.6 Å². The van der Waals surface area contributed by atoms with E-state index in [1.54, 1.807) is 6.20 Å². The van der Waals surface area contributed by atoms with E-state index in [1.807, 2.05) is 28.7 Å². The zero-order chi connectivity index (χ0) is 13.0. The summed E-state index contributed by atoms with van der Waals surface area (Å²) in [4.78, 5) is 4.00. The molecule has 2 rings (SSSR count). The number of aromatic nitrogens is 4. The van der Waals surface area contributed by atoms with Crippen molar-refractivity contribution in [2.45, 2.75) is 33.5 Å². The van der Waals surface area contributed by atoms with Crippen LogP contribution in [0.5, 0.6) is 0 Å². The lowest BCUT2D eigenvalue weighted by Crippen LogP contribution is -2.21. The Bertz CT molecular complexity index is 489. The third-order valence-electron chi connectivity index (χ3n) is 2.85. The van der Waals surface area contributed by atoms with E-state index in [4.69, 9.17) is 11.6 Å². The number of hydrogen-bond donors (Lipinski definition) is 1. The van der Waals surface area contributed by atoms with Gasteiger partial charge in [0.15, 0.2) is 0 Å². The Morgan fingerprint density at radius 3 is 2.94 bits per heavy atom. The van der Waals surface area contributed by atoms with Gasteiger partial charge < -0.3 is 9.88 Å². The molecule has 98 valence electrons. The molecule has 2 aromatic heterocycles. The van der Waals surface area contributed by atoms with Crippen molar-refractivity contribution in [3.05, 3.63) is 35.1 Å². The van der Waals surface area contributed by atoms with Gasteiger partial charge in [-0.3, -0.25) is 4.68 Å². The summed E-state index contributed by atoms with van der Waals surface area (Å²) in [6.07, 6.45) is 5.55. The molecule has 0 spiro atoms. The van der Waals surface area contributed by atoms with Crippen LogP contribution in [-0.4, -0.2) is 25.9 Å². The Labute approximate surface area is 112 Å². The summed E-state index contributed by atoms with van der Waals surface area (Å²) in [5, 5.41) is 8.53. The third-order valence-corrected chi connectivity index (χ3v) is 3.34. The van der Waals surface area contributed by atoms with Crippen molar-refractivity contribution in [2.24, 2.45) is 0 Å². The molecule has 0 fully saturated rings. The van der Waals surface area contributed by atoms with Gasteiger partial charge in [-0.25, -0.2) is 4.98 Å². The molecule has 0 radical (unpaired) electrons. The predicted octanol–water partition coefficient (Wildman–Crippen LogP) is 1.85. The molecule has 0 atom stereocenters. The molecular formula is C12H18ClN5. The van der Waals surface area contributed by atoms with Crippen LogP contribution in [0.4, 0.5) is 0 Å². The summed E-state index contributed by atoms with van der Waals surface area (Å²) < 4.78 is 3.98. The zero-order valence-electron chi connectivity index (χ0n) is 10.7. The average Bonchev–Trinajstić information content (AvgIpc) is 2.96. The van der Waals surface area contributed by atoms with Crippen LogP contribution in [0, 0.1) is 6.92 Å². The van der Waals surface area contributed by atoms with Gasteiger partial charge in [-0.2, -0.15) is 5.10 Å². The lowest BCUT2D eigenvalue weighted by atomic mass is 10.3. The lowest BCUT2D eigenvalue weighted by Gasteiger charge is -2.07. The van der Waals surface area contributed by atoms with E-state index in [-0.39, 0.29) is 0 Å². The number of nitrogens with zero attached hydrogens (tertiary/aromatic N) is 4. The summed E-state index contributed by atoms with van der Waals surface area (Å²) in [6, 6.07) is 0. The van der Waals surface area contributed by atoms with Gasteiger partial charge in [0.1, 0.15) is 0 Å². The maximum Gasteiger partial charge on any atom is 0.0946 e. The maximum absolute atomic E-state index is 6.23. The van der Waals surface area contributed by atoms with Crippen molar-refractivity contribution in [2.75, 3.05) is 6.54 Å². The van der Waals surface area contributed by atoms with Gasteiger partial charge in [0, 0.05) is 38.6 Å². The molecule has 0 aromatic carbocycles. The minimum absolute atomic E-state index is 0.738. The van der Waals surface area contributed by atoms with Crippen molar-refractivity contribution in [1.29, 1.82) is 0 Å². The monoisotopic (exact) mass is 267 g/mol. The molecule has 0 aliphatic carbocycles. The van der Waals surface area contributed by atoms with Crippen LogP contribution in [0.3, 0.4) is 0 Å². The fraction of sp³-hybridized carbons (Fsp3) is 0.500. The largest absolute Gasteiger partial charge is 0.336 e. The Kier molecular flexibility index (Phi) is 4.38. The van der Waals surface area contributed by atoms with Crippen LogP contribution < -0.4 is 5.32 Å². The number of halogens is 1. The second-order valence-electron chi connectivity index (χ2n) is 4.14. The minimum atomic E-state index is 0.738. The van der Waals surface area contributed by atoms with E-state index >= 15 is 0 Å². The Hall–Kier alpha value is -1.33. The first-order valence-electron chi connectivity index (χ1n) is 6.10. The molecule has 1 N–H and O–H groups in total. The highest BCUT2D eigenvalue weighted by Gasteiger charge is 2.11.